The number of rotatable bonds is 6. The van der Waals surface area contributed by atoms with E-state index in [1.54, 1.807) is 0 Å². The molecule has 0 radical (unpaired) electrons. The van der Waals surface area contributed by atoms with Gasteiger partial charge in [-0.2, -0.15) is 0 Å². The molecule has 2 aliphatic carbocycles. The lowest BCUT2D eigenvalue weighted by molar-refractivity contribution is -0.275. The Balaban J connectivity index is 1.46. The van der Waals surface area contributed by atoms with Crippen molar-refractivity contribution in [3.8, 4) is 0 Å². The molecule has 3 rings (SSSR count). The minimum absolute atomic E-state index is 0.230. The zero-order valence-electron chi connectivity index (χ0n) is 12.0. The number of aliphatic hydroxyl groups excluding tert-OH is 2. The summed E-state index contributed by atoms with van der Waals surface area (Å²) in [5.41, 5.74) is 0. The van der Waals surface area contributed by atoms with Gasteiger partial charge in [-0.25, -0.2) is 0 Å². The number of fused-ring (bicyclic) bond motifs is 2. The Morgan fingerprint density at radius 3 is 2.70 bits per heavy atom. The molecule has 2 saturated carbocycles. The fourth-order valence-electron chi connectivity index (χ4n) is 4.07. The quantitative estimate of drug-likeness (QED) is 0.576. The fourth-order valence-corrected chi connectivity index (χ4v) is 4.07. The van der Waals surface area contributed by atoms with E-state index in [0.717, 1.165) is 38.5 Å². The van der Waals surface area contributed by atoms with Crippen LogP contribution in [0.2, 0.25) is 0 Å². The molecule has 0 bridgehead atoms. The number of unbranched alkanes of at least 4 members (excludes halogenated alkanes) is 3. The van der Waals surface area contributed by atoms with Gasteiger partial charge in [0.2, 0.25) is 0 Å². The van der Waals surface area contributed by atoms with Gasteiger partial charge < -0.3 is 19.7 Å². The van der Waals surface area contributed by atoms with E-state index in [-0.39, 0.29) is 24.4 Å². The first-order chi connectivity index (χ1) is 9.77. The third-order valence-corrected chi connectivity index (χ3v) is 5.19. The summed E-state index contributed by atoms with van der Waals surface area (Å²) < 4.78 is 11.6. The van der Waals surface area contributed by atoms with Crippen molar-refractivity contribution in [2.75, 3.05) is 19.8 Å². The number of allylic oxidation sites excluding steroid dienone is 1. The zero-order chi connectivity index (χ0) is 14.0. The number of ether oxygens (including phenoxy) is 2. The standard InChI is InChI=1S/C16H26O4/c17-7-5-3-1-2-4-6-12-10-14-13(15(12)18)11-16(14)19-8-9-20-16/h4,6,12-15,17-18H,1-3,5,7-11H2/t12-,13+,14-,15?/m0/s1. The monoisotopic (exact) mass is 282 g/mol. The van der Waals surface area contributed by atoms with E-state index in [9.17, 15) is 5.11 Å². The van der Waals surface area contributed by atoms with Crippen LogP contribution in [0.25, 0.3) is 0 Å². The molecule has 0 aromatic rings. The Morgan fingerprint density at radius 2 is 1.95 bits per heavy atom. The molecule has 1 spiro atoms. The van der Waals surface area contributed by atoms with Crippen LogP contribution in [0.3, 0.4) is 0 Å². The summed E-state index contributed by atoms with van der Waals surface area (Å²) in [4.78, 5) is 0. The van der Waals surface area contributed by atoms with Gasteiger partial charge >= 0.3 is 0 Å². The number of hydrogen-bond donors (Lipinski definition) is 2. The lowest BCUT2D eigenvalue weighted by Gasteiger charge is -2.48. The van der Waals surface area contributed by atoms with E-state index in [0.29, 0.717) is 25.0 Å². The Morgan fingerprint density at radius 1 is 1.15 bits per heavy atom. The Hall–Kier alpha value is -0.420. The molecule has 3 fully saturated rings. The fraction of sp³-hybridized carbons (Fsp3) is 0.875. The molecule has 0 aromatic heterocycles. The molecule has 1 saturated heterocycles. The first kappa shape index (κ1) is 14.5. The maximum Gasteiger partial charge on any atom is 0.172 e. The molecular weight excluding hydrogens is 256 g/mol. The van der Waals surface area contributed by atoms with Crippen molar-refractivity contribution in [3.63, 3.8) is 0 Å². The van der Waals surface area contributed by atoms with Crippen molar-refractivity contribution >= 4 is 0 Å². The van der Waals surface area contributed by atoms with Crippen molar-refractivity contribution < 1.29 is 19.7 Å². The number of aliphatic hydroxyl groups is 2. The van der Waals surface area contributed by atoms with Gasteiger partial charge in [0, 0.05) is 24.9 Å². The van der Waals surface area contributed by atoms with Gasteiger partial charge in [0.15, 0.2) is 5.79 Å². The molecule has 0 aromatic carbocycles. The minimum atomic E-state index is -0.352. The van der Waals surface area contributed by atoms with Gasteiger partial charge in [-0.05, 0) is 31.6 Å². The summed E-state index contributed by atoms with van der Waals surface area (Å²) >= 11 is 0. The summed E-state index contributed by atoms with van der Waals surface area (Å²) in [5.74, 6) is 0.645. The highest BCUT2D eigenvalue weighted by molar-refractivity contribution is 5.12. The van der Waals surface area contributed by atoms with Gasteiger partial charge in [-0.3, -0.25) is 0 Å². The smallest absolute Gasteiger partial charge is 0.172 e. The van der Waals surface area contributed by atoms with Gasteiger partial charge in [-0.15, -0.1) is 0 Å². The molecule has 20 heavy (non-hydrogen) atoms. The van der Waals surface area contributed by atoms with Crippen LogP contribution in [0.4, 0.5) is 0 Å². The molecule has 0 amide bonds. The maximum atomic E-state index is 10.4. The highest BCUT2D eigenvalue weighted by atomic mass is 16.7. The molecule has 2 N–H and O–H groups in total. The third kappa shape index (κ3) is 2.54. The lowest BCUT2D eigenvalue weighted by atomic mass is 9.69. The third-order valence-electron chi connectivity index (χ3n) is 5.19. The average Bonchev–Trinajstić information content (AvgIpc) is 3.01. The topological polar surface area (TPSA) is 58.9 Å². The highest BCUT2D eigenvalue weighted by Crippen LogP contribution is 2.59. The molecule has 4 atom stereocenters. The van der Waals surface area contributed by atoms with Gasteiger partial charge in [0.1, 0.15) is 0 Å². The van der Waals surface area contributed by atoms with Crippen LogP contribution in [0, 0.1) is 17.8 Å². The summed E-state index contributed by atoms with van der Waals surface area (Å²) in [5, 5.41) is 19.1. The number of hydrogen-bond acceptors (Lipinski definition) is 4. The van der Waals surface area contributed by atoms with Crippen LogP contribution in [-0.2, 0) is 9.47 Å². The summed E-state index contributed by atoms with van der Waals surface area (Å²) in [6.45, 7) is 1.69. The molecule has 3 aliphatic rings. The SMILES string of the molecule is OCCCCCC=C[C@H]1C[C@H]2[C@@H](CC23OCCO3)C1O. The van der Waals surface area contributed by atoms with E-state index in [1.165, 1.54) is 0 Å². The van der Waals surface area contributed by atoms with E-state index in [2.05, 4.69) is 12.2 Å². The molecule has 1 unspecified atom stereocenters. The minimum Gasteiger partial charge on any atom is -0.396 e. The molecular formula is C16H26O4. The van der Waals surface area contributed by atoms with E-state index in [4.69, 9.17) is 14.6 Å². The van der Waals surface area contributed by atoms with Crippen molar-refractivity contribution in [2.24, 2.45) is 17.8 Å². The maximum absolute atomic E-state index is 10.4. The summed E-state index contributed by atoms with van der Waals surface area (Å²) in [6.07, 6.45) is 10.1. The van der Waals surface area contributed by atoms with E-state index < -0.39 is 0 Å². The van der Waals surface area contributed by atoms with Crippen LogP contribution in [-0.4, -0.2) is 41.9 Å². The Bertz CT molecular complexity index is 348. The second kappa shape index (κ2) is 6.14. The van der Waals surface area contributed by atoms with Crippen LogP contribution in [0.5, 0.6) is 0 Å². The zero-order valence-corrected chi connectivity index (χ0v) is 12.0. The Labute approximate surface area is 120 Å². The Kier molecular flexibility index (Phi) is 4.46. The molecule has 1 aliphatic heterocycles. The first-order valence-corrected chi connectivity index (χ1v) is 8.00. The molecule has 114 valence electrons. The van der Waals surface area contributed by atoms with Crippen LogP contribution in [0.1, 0.15) is 38.5 Å². The average molecular weight is 282 g/mol. The second-order valence-electron chi connectivity index (χ2n) is 6.37. The van der Waals surface area contributed by atoms with Crippen molar-refractivity contribution in [1.82, 2.24) is 0 Å². The van der Waals surface area contributed by atoms with Gasteiger partial charge in [-0.1, -0.05) is 18.6 Å². The van der Waals surface area contributed by atoms with Crippen molar-refractivity contribution in [2.45, 2.75) is 50.4 Å². The predicted molar refractivity (Wildman–Crippen MR) is 75.0 cm³/mol. The van der Waals surface area contributed by atoms with Crippen LogP contribution >= 0.6 is 0 Å². The molecule has 4 heteroatoms. The first-order valence-electron chi connectivity index (χ1n) is 8.00. The van der Waals surface area contributed by atoms with Crippen molar-refractivity contribution in [1.29, 1.82) is 0 Å². The molecule has 1 heterocycles. The normalized spacial score (nSPS) is 38.5. The highest BCUT2D eigenvalue weighted by Gasteiger charge is 2.64. The van der Waals surface area contributed by atoms with Gasteiger partial charge in [0.25, 0.3) is 0 Å². The van der Waals surface area contributed by atoms with Crippen molar-refractivity contribution in [3.05, 3.63) is 12.2 Å². The van der Waals surface area contributed by atoms with E-state index >= 15 is 0 Å². The van der Waals surface area contributed by atoms with Gasteiger partial charge in [0.05, 0.1) is 19.3 Å². The second-order valence-corrected chi connectivity index (χ2v) is 6.37. The lowest BCUT2D eigenvalue weighted by Crippen LogP contribution is -2.54. The van der Waals surface area contributed by atoms with E-state index in [1.807, 2.05) is 0 Å². The molecule has 4 nitrogen and oxygen atoms in total. The summed E-state index contributed by atoms with van der Waals surface area (Å²) in [6, 6.07) is 0. The summed E-state index contributed by atoms with van der Waals surface area (Å²) in [7, 11) is 0. The van der Waals surface area contributed by atoms with Crippen LogP contribution in [0.15, 0.2) is 12.2 Å². The van der Waals surface area contributed by atoms with Crippen LogP contribution < -0.4 is 0 Å². The largest absolute Gasteiger partial charge is 0.396 e. The predicted octanol–water partition coefficient (Wildman–Crippen LogP) is 1.86.